The molecular weight excluding hydrogens is 268 g/mol. The third-order valence-electron chi connectivity index (χ3n) is 3.78. The van der Waals surface area contributed by atoms with Crippen molar-refractivity contribution in [2.45, 2.75) is 26.4 Å². The first-order chi connectivity index (χ1) is 9.49. The second-order valence-electron chi connectivity index (χ2n) is 5.30. The number of aryl methyl sites for hydroxylation is 1. The molecule has 0 aliphatic rings. The zero-order valence-electron chi connectivity index (χ0n) is 12.2. The van der Waals surface area contributed by atoms with E-state index in [1.54, 1.807) is 0 Å². The third-order valence-corrected chi connectivity index (χ3v) is 4.13. The molecule has 2 rings (SSSR count). The van der Waals surface area contributed by atoms with E-state index < -0.39 is 0 Å². The highest BCUT2D eigenvalue weighted by Crippen LogP contribution is 2.27. The summed E-state index contributed by atoms with van der Waals surface area (Å²) in [5.74, 6) is 0. The zero-order chi connectivity index (χ0) is 14.7. The molecule has 1 atom stereocenters. The molecule has 106 valence electrons. The summed E-state index contributed by atoms with van der Waals surface area (Å²) in [6.07, 6.45) is 0. The SMILES string of the molecule is Cc1cc(CN(C)C(C)c2ccccc2Cl)ccc1N. The van der Waals surface area contributed by atoms with E-state index >= 15 is 0 Å². The molecule has 0 fully saturated rings. The van der Waals surface area contributed by atoms with Gasteiger partial charge in [0.05, 0.1) is 0 Å². The van der Waals surface area contributed by atoms with Gasteiger partial charge in [0.2, 0.25) is 0 Å². The molecule has 0 aromatic heterocycles. The third kappa shape index (κ3) is 3.33. The number of nitrogens with zero attached hydrogens (tertiary/aromatic N) is 1. The Balaban J connectivity index is 2.13. The van der Waals surface area contributed by atoms with Gasteiger partial charge in [-0.2, -0.15) is 0 Å². The summed E-state index contributed by atoms with van der Waals surface area (Å²) in [6, 6.07) is 14.5. The first-order valence-electron chi connectivity index (χ1n) is 6.78. The maximum Gasteiger partial charge on any atom is 0.0453 e. The van der Waals surface area contributed by atoms with Crippen molar-refractivity contribution >= 4 is 17.3 Å². The fraction of sp³-hybridized carbons (Fsp3) is 0.294. The molecule has 0 aliphatic heterocycles. The van der Waals surface area contributed by atoms with E-state index in [1.807, 2.05) is 31.2 Å². The molecule has 2 nitrogen and oxygen atoms in total. The fourth-order valence-corrected chi connectivity index (χ4v) is 2.61. The van der Waals surface area contributed by atoms with Crippen LogP contribution in [-0.4, -0.2) is 11.9 Å². The smallest absolute Gasteiger partial charge is 0.0453 e. The van der Waals surface area contributed by atoms with Gasteiger partial charge < -0.3 is 5.73 Å². The van der Waals surface area contributed by atoms with Crippen LogP contribution in [0, 0.1) is 6.92 Å². The van der Waals surface area contributed by atoms with Crippen molar-refractivity contribution in [3.05, 3.63) is 64.2 Å². The first kappa shape index (κ1) is 14.9. The molecule has 0 spiro atoms. The Bertz CT molecular complexity index is 595. The molecule has 2 aromatic carbocycles. The monoisotopic (exact) mass is 288 g/mol. The van der Waals surface area contributed by atoms with Gasteiger partial charge >= 0.3 is 0 Å². The normalized spacial score (nSPS) is 12.7. The minimum Gasteiger partial charge on any atom is -0.399 e. The van der Waals surface area contributed by atoms with Crippen LogP contribution >= 0.6 is 11.6 Å². The molecule has 2 aromatic rings. The van der Waals surface area contributed by atoms with Crippen LogP contribution in [0.15, 0.2) is 42.5 Å². The summed E-state index contributed by atoms with van der Waals surface area (Å²) >= 11 is 6.27. The highest BCUT2D eigenvalue weighted by atomic mass is 35.5. The van der Waals surface area contributed by atoms with Crippen molar-refractivity contribution in [1.82, 2.24) is 4.90 Å². The van der Waals surface area contributed by atoms with Crippen LogP contribution in [0.2, 0.25) is 5.02 Å². The lowest BCUT2D eigenvalue weighted by molar-refractivity contribution is 0.253. The van der Waals surface area contributed by atoms with Gasteiger partial charge in [-0.1, -0.05) is 41.9 Å². The first-order valence-corrected chi connectivity index (χ1v) is 7.16. The van der Waals surface area contributed by atoms with Crippen molar-refractivity contribution in [1.29, 1.82) is 0 Å². The molecule has 0 radical (unpaired) electrons. The van der Waals surface area contributed by atoms with Gasteiger partial charge in [0.1, 0.15) is 0 Å². The van der Waals surface area contributed by atoms with E-state index in [-0.39, 0.29) is 6.04 Å². The van der Waals surface area contributed by atoms with Gasteiger partial charge in [-0.3, -0.25) is 4.90 Å². The molecule has 0 amide bonds. The Morgan fingerprint density at radius 1 is 1.20 bits per heavy atom. The molecule has 0 saturated carbocycles. The van der Waals surface area contributed by atoms with Gasteiger partial charge in [0.15, 0.2) is 0 Å². The van der Waals surface area contributed by atoms with Crippen molar-refractivity contribution in [3.63, 3.8) is 0 Å². The second kappa shape index (κ2) is 6.29. The quantitative estimate of drug-likeness (QED) is 0.844. The minimum atomic E-state index is 0.265. The van der Waals surface area contributed by atoms with Crippen LogP contribution in [0.1, 0.15) is 29.7 Å². The number of benzene rings is 2. The average molecular weight is 289 g/mol. The average Bonchev–Trinajstić information content (AvgIpc) is 2.42. The Morgan fingerprint density at radius 3 is 2.55 bits per heavy atom. The zero-order valence-corrected chi connectivity index (χ0v) is 13.0. The molecule has 3 heteroatoms. The number of hydrogen-bond acceptors (Lipinski definition) is 2. The molecule has 0 heterocycles. The summed E-state index contributed by atoms with van der Waals surface area (Å²) in [6.45, 7) is 5.08. The standard InChI is InChI=1S/C17H21ClN2/c1-12-10-14(8-9-17(12)19)11-20(3)13(2)15-6-4-5-7-16(15)18/h4-10,13H,11,19H2,1-3H3. The summed E-state index contributed by atoms with van der Waals surface area (Å²) < 4.78 is 0. The lowest BCUT2D eigenvalue weighted by Gasteiger charge is -2.26. The van der Waals surface area contributed by atoms with Crippen molar-refractivity contribution in [2.24, 2.45) is 0 Å². The number of nitrogen functional groups attached to an aromatic ring is 1. The van der Waals surface area contributed by atoms with E-state index in [4.69, 9.17) is 17.3 Å². The van der Waals surface area contributed by atoms with E-state index in [0.29, 0.717) is 0 Å². The Kier molecular flexibility index (Phi) is 4.69. The topological polar surface area (TPSA) is 29.3 Å². The summed E-state index contributed by atoms with van der Waals surface area (Å²) in [5, 5.41) is 0.820. The highest BCUT2D eigenvalue weighted by molar-refractivity contribution is 6.31. The Morgan fingerprint density at radius 2 is 1.90 bits per heavy atom. The Labute approximate surface area is 126 Å². The maximum atomic E-state index is 6.27. The number of rotatable bonds is 4. The number of anilines is 1. The van der Waals surface area contributed by atoms with Gasteiger partial charge in [0, 0.05) is 23.3 Å². The van der Waals surface area contributed by atoms with Crippen molar-refractivity contribution in [3.8, 4) is 0 Å². The predicted octanol–water partition coefficient (Wildman–Crippen LogP) is 4.42. The number of nitrogens with two attached hydrogens (primary N) is 1. The Hall–Kier alpha value is -1.51. The molecule has 0 saturated heterocycles. The minimum absolute atomic E-state index is 0.265. The summed E-state index contributed by atoms with van der Waals surface area (Å²) in [7, 11) is 2.11. The van der Waals surface area contributed by atoms with Gasteiger partial charge in [-0.25, -0.2) is 0 Å². The van der Waals surface area contributed by atoms with Crippen LogP contribution < -0.4 is 5.73 Å². The number of hydrogen-bond donors (Lipinski definition) is 1. The maximum absolute atomic E-state index is 6.27. The van der Waals surface area contributed by atoms with Gasteiger partial charge in [-0.15, -0.1) is 0 Å². The largest absolute Gasteiger partial charge is 0.399 e. The van der Waals surface area contributed by atoms with Crippen LogP contribution in [0.5, 0.6) is 0 Å². The number of halogens is 1. The van der Waals surface area contributed by atoms with Crippen LogP contribution in [0.25, 0.3) is 0 Å². The van der Waals surface area contributed by atoms with Crippen LogP contribution in [-0.2, 0) is 6.54 Å². The van der Waals surface area contributed by atoms with Crippen molar-refractivity contribution < 1.29 is 0 Å². The predicted molar refractivity (Wildman–Crippen MR) is 86.9 cm³/mol. The molecule has 2 N–H and O–H groups in total. The van der Waals surface area contributed by atoms with E-state index in [0.717, 1.165) is 28.4 Å². The van der Waals surface area contributed by atoms with Crippen LogP contribution in [0.4, 0.5) is 5.69 Å². The summed E-state index contributed by atoms with van der Waals surface area (Å²) in [5.41, 5.74) is 10.2. The molecular formula is C17H21ClN2. The van der Waals surface area contributed by atoms with Gasteiger partial charge in [0.25, 0.3) is 0 Å². The second-order valence-corrected chi connectivity index (χ2v) is 5.71. The van der Waals surface area contributed by atoms with E-state index in [1.165, 1.54) is 5.56 Å². The lowest BCUT2D eigenvalue weighted by Crippen LogP contribution is -2.22. The lowest BCUT2D eigenvalue weighted by atomic mass is 10.1. The van der Waals surface area contributed by atoms with Crippen LogP contribution in [0.3, 0.4) is 0 Å². The molecule has 20 heavy (non-hydrogen) atoms. The summed E-state index contributed by atoms with van der Waals surface area (Å²) in [4.78, 5) is 2.28. The molecule has 1 unspecified atom stereocenters. The fourth-order valence-electron chi connectivity index (χ4n) is 2.31. The van der Waals surface area contributed by atoms with E-state index in [2.05, 4.69) is 37.1 Å². The molecule has 0 aliphatic carbocycles. The molecule has 0 bridgehead atoms. The van der Waals surface area contributed by atoms with Crippen molar-refractivity contribution in [2.75, 3.05) is 12.8 Å². The highest BCUT2D eigenvalue weighted by Gasteiger charge is 2.14. The van der Waals surface area contributed by atoms with E-state index in [9.17, 15) is 0 Å². The van der Waals surface area contributed by atoms with Gasteiger partial charge in [-0.05, 0) is 49.7 Å².